The van der Waals surface area contributed by atoms with Crippen molar-refractivity contribution >= 4 is 12.2 Å². The zero-order valence-electron chi connectivity index (χ0n) is 11.2. The lowest BCUT2D eigenvalue weighted by Crippen LogP contribution is -2.24. The van der Waals surface area contributed by atoms with Gasteiger partial charge in [0, 0.05) is 0 Å². The average Bonchev–Trinajstić information content (AvgIpc) is 2.25. The number of carbonyl (C=O) groups excluding carboxylic acids is 1. The topological polar surface area (TPSA) is 58.9 Å². The summed E-state index contributed by atoms with van der Waals surface area (Å²) in [5, 5.41) is 11.1. The fourth-order valence-corrected chi connectivity index (χ4v) is 1.41. The second-order valence-corrected chi connectivity index (χ2v) is 5.09. The Morgan fingerprint density at radius 1 is 1.25 bits per heavy atom. The molecule has 0 aliphatic carbocycles. The Morgan fingerprint density at radius 2 is 1.85 bits per heavy atom. The Balaban J connectivity index is 3.25. The van der Waals surface area contributed by atoms with Crippen LogP contribution in [0.1, 0.15) is 42.3 Å². The molecule has 0 fully saturated rings. The summed E-state index contributed by atoms with van der Waals surface area (Å²) < 4.78 is 43.2. The van der Waals surface area contributed by atoms with Gasteiger partial charge >= 0.3 is 12.1 Å². The van der Waals surface area contributed by atoms with Crippen molar-refractivity contribution in [2.75, 3.05) is 0 Å². The van der Waals surface area contributed by atoms with Gasteiger partial charge in [-0.3, -0.25) is 0 Å². The molecule has 1 rings (SSSR count). The van der Waals surface area contributed by atoms with Gasteiger partial charge in [0.2, 0.25) is 0 Å². The molecule has 0 saturated carbocycles. The molecule has 0 aromatic heterocycles. The third kappa shape index (κ3) is 4.56. The summed E-state index contributed by atoms with van der Waals surface area (Å²) in [6.45, 7) is 4.82. The van der Waals surface area contributed by atoms with Crippen molar-refractivity contribution in [1.82, 2.24) is 0 Å². The highest BCUT2D eigenvalue weighted by atomic mass is 19.4. The number of benzene rings is 1. The largest absolute Gasteiger partial charge is 0.456 e. The monoisotopic (exact) mass is 289 g/mol. The molecule has 110 valence electrons. The molecule has 0 radical (unpaired) electrons. The number of esters is 1. The number of rotatable bonds is 2. The summed E-state index contributed by atoms with van der Waals surface area (Å²) in [5.74, 6) is -0.879. The molecule has 1 aromatic rings. The average molecular weight is 289 g/mol. The van der Waals surface area contributed by atoms with Gasteiger partial charge < -0.3 is 9.94 Å². The van der Waals surface area contributed by atoms with Gasteiger partial charge in [-0.1, -0.05) is 5.16 Å². The molecule has 0 bridgehead atoms. The number of hydrogen-bond donors (Lipinski definition) is 1. The molecule has 0 amide bonds. The number of halogens is 3. The van der Waals surface area contributed by atoms with Crippen LogP contribution in [-0.2, 0) is 10.9 Å². The smallest absolute Gasteiger partial charge is 0.416 e. The Morgan fingerprint density at radius 3 is 2.30 bits per heavy atom. The minimum Gasteiger partial charge on any atom is -0.456 e. The summed E-state index contributed by atoms with van der Waals surface area (Å²) in [7, 11) is 0. The maximum absolute atomic E-state index is 12.7. The minimum absolute atomic E-state index is 0.0526. The number of nitrogens with zero attached hydrogens (tertiary/aromatic N) is 1. The molecule has 20 heavy (non-hydrogen) atoms. The molecule has 0 spiro atoms. The van der Waals surface area contributed by atoms with Gasteiger partial charge in [-0.2, -0.15) is 13.2 Å². The van der Waals surface area contributed by atoms with Crippen molar-refractivity contribution < 1.29 is 27.9 Å². The highest BCUT2D eigenvalue weighted by Gasteiger charge is 2.32. The summed E-state index contributed by atoms with van der Waals surface area (Å²) in [5.41, 5.74) is -2.15. The number of oxime groups is 1. The first-order valence-corrected chi connectivity index (χ1v) is 5.66. The summed E-state index contributed by atoms with van der Waals surface area (Å²) >= 11 is 0. The fraction of sp³-hybridized carbons (Fsp3) is 0.385. The van der Waals surface area contributed by atoms with Crippen LogP contribution in [0.15, 0.2) is 23.4 Å². The van der Waals surface area contributed by atoms with E-state index in [1.54, 1.807) is 20.8 Å². The lowest BCUT2D eigenvalue weighted by atomic mass is 10.1. The molecule has 0 atom stereocenters. The van der Waals surface area contributed by atoms with Crippen LogP contribution < -0.4 is 0 Å². The summed E-state index contributed by atoms with van der Waals surface area (Å²) in [4.78, 5) is 11.8. The molecular weight excluding hydrogens is 275 g/mol. The van der Waals surface area contributed by atoms with Crippen LogP contribution in [0.3, 0.4) is 0 Å². The fourth-order valence-electron chi connectivity index (χ4n) is 1.41. The molecule has 0 saturated heterocycles. The van der Waals surface area contributed by atoms with Crippen molar-refractivity contribution in [1.29, 1.82) is 0 Å². The van der Waals surface area contributed by atoms with Crippen molar-refractivity contribution in [3.63, 3.8) is 0 Å². The van der Waals surface area contributed by atoms with Gasteiger partial charge in [-0.05, 0) is 44.5 Å². The van der Waals surface area contributed by atoms with Gasteiger partial charge in [-0.15, -0.1) is 0 Å². The maximum Gasteiger partial charge on any atom is 0.416 e. The zero-order chi connectivity index (χ0) is 15.6. The van der Waals surface area contributed by atoms with Crippen LogP contribution in [-0.4, -0.2) is 23.0 Å². The van der Waals surface area contributed by atoms with E-state index in [4.69, 9.17) is 9.94 Å². The highest BCUT2D eigenvalue weighted by molar-refractivity contribution is 5.92. The Labute approximate surface area is 113 Å². The molecule has 0 aliphatic heterocycles. The van der Waals surface area contributed by atoms with Gasteiger partial charge in [0.25, 0.3) is 0 Å². The van der Waals surface area contributed by atoms with Crippen LogP contribution in [0, 0.1) is 0 Å². The van der Waals surface area contributed by atoms with Crippen molar-refractivity contribution in [3.8, 4) is 0 Å². The third-order valence-corrected chi connectivity index (χ3v) is 2.12. The molecule has 0 unspecified atom stereocenters. The quantitative estimate of drug-likeness (QED) is 0.392. The van der Waals surface area contributed by atoms with E-state index in [0.29, 0.717) is 6.07 Å². The number of hydrogen-bond acceptors (Lipinski definition) is 4. The SMILES string of the molecule is CC(C)(C)OC(=O)c1cc(/C=N\O)cc(C(F)(F)F)c1. The van der Waals surface area contributed by atoms with E-state index in [-0.39, 0.29) is 11.1 Å². The Hall–Kier alpha value is -2.05. The third-order valence-electron chi connectivity index (χ3n) is 2.12. The van der Waals surface area contributed by atoms with E-state index in [0.717, 1.165) is 18.3 Å². The van der Waals surface area contributed by atoms with E-state index in [1.807, 2.05) is 0 Å². The predicted octanol–water partition coefficient (Wildman–Crippen LogP) is 3.47. The second-order valence-electron chi connectivity index (χ2n) is 5.09. The van der Waals surface area contributed by atoms with Crippen LogP contribution in [0.25, 0.3) is 0 Å². The normalized spacial score (nSPS) is 12.7. The lowest BCUT2D eigenvalue weighted by Gasteiger charge is -2.20. The second kappa shape index (κ2) is 5.52. The number of alkyl halides is 3. The number of ether oxygens (including phenoxy) is 1. The van der Waals surface area contributed by atoms with E-state index in [1.165, 1.54) is 0 Å². The van der Waals surface area contributed by atoms with Gasteiger partial charge in [-0.25, -0.2) is 4.79 Å². The standard InChI is InChI=1S/C13H14F3NO3/c1-12(2,3)20-11(18)9-4-8(7-17-19)5-10(6-9)13(14,15)16/h4-7,19H,1-3H3/b17-7-. The Kier molecular flexibility index (Phi) is 4.42. The van der Waals surface area contributed by atoms with Crippen LogP contribution in [0.4, 0.5) is 13.2 Å². The van der Waals surface area contributed by atoms with Crippen LogP contribution >= 0.6 is 0 Å². The van der Waals surface area contributed by atoms with Crippen LogP contribution in [0.2, 0.25) is 0 Å². The molecule has 4 nitrogen and oxygen atoms in total. The number of carbonyl (C=O) groups is 1. The van der Waals surface area contributed by atoms with Gasteiger partial charge in [0.05, 0.1) is 17.3 Å². The minimum atomic E-state index is -4.62. The van der Waals surface area contributed by atoms with E-state index < -0.39 is 23.3 Å². The van der Waals surface area contributed by atoms with Crippen molar-refractivity contribution in [3.05, 3.63) is 34.9 Å². The first-order chi connectivity index (χ1) is 9.03. The lowest BCUT2D eigenvalue weighted by molar-refractivity contribution is -0.137. The zero-order valence-corrected chi connectivity index (χ0v) is 11.2. The van der Waals surface area contributed by atoms with Crippen molar-refractivity contribution in [2.24, 2.45) is 5.16 Å². The van der Waals surface area contributed by atoms with E-state index >= 15 is 0 Å². The summed E-state index contributed by atoms with van der Waals surface area (Å²) in [6, 6.07) is 2.62. The Bertz CT molecular complexity index is 531. The van der Waals surface area contributed by atoms with Gasteiger partial charge in [0.15, 0.2) is 0 Å². The molecule has 1 N–H and O–H groups in total. The molecular formula is C13H14F3NO3. The first kappa shape index (κ1) is 16.0. The van der Waals surface area contributed by atoms with E-state index in [2.05, 4.69) is 5.16 Å². The first-order valence-electron chi connectivity index (χ1n) is 5.66. The highest BCUT2D eigenvalue weighted by Crippen LogP contribution is 2.31. The van der Waals surface area contributed by atoms with Gasteiger partial charge in [0.1, 0.15) is 5.60 Å². The molecule has 1 aromatic carbocycles. The van der Waals surface area contributed by atoms with Crippen molar-refractivity contribution in [2.45, 2.75) is 32.5 Å². The maximum atomic E-state index is 12.7. The van der Waals surface area contributed by atoms with Crippen LogP contribution in [0.5, 0.6) is 0 Å². The summed E-state index contributed by atoms with van der Waals surface area (Å²) in [6.07, 6.45) is -3.81. The van der Waals surface area contributed by atoms with E-state index in [9.17, 15) is 18.0 Å². The predicted molar refractivity (Wildman–Crippen MR) is 66.0 cm³/mol. The molecule has 7 heteroatoms. The molecule has 0 aliphatic rings. The molecule has 0 heterocycles.